The molecule has 0 bridgehead atoms. The van der Waals surface area contributed by atoms with Crippen LogP contribution in [0.3, 0.4) is 0 Å². The maximum Gasteiger partial charge on any atom is 0.251 e. The highest BCUT2D eigenvalue weighted by atomic mass is 19.2. The van der Waals surface area contributed by atoms with Crippen molar-refractivity contribution in [2.75, 3.05) is 25.0 Å². The number of hydrogen-bond acceptors (Lipinski definition) is 3. The normalized spacial score (nSPS) is 14.4. The molecule has 1 aliphatic rings. The second-order valence-corrected chi connectivity index (χ2v) is 7.84. The van der Waals surface area contributed by atoms with E-state index in [-0.39, 0.29) is 5.91 Å². The zero-order valence-electron chi connectivity index (χ0n) is 17.1. The minimum absolute atomic E-state index is 0.184. The number of carbonyl (C=O) groups is 1. The number of H-pyrrole nitrogens is 1. The molecule has 0 atom stereocenters. The molecule has 0 spiro atoms. The van der Waals surface area contributed by atoms with E-state index in [4.69, 9.17) is 4.98 Å². The first kappa shape index (κ1) is 19.5. The lowest BCUT2D eigenvalue weighted by Crippen LogP contribution is -2.30. The van der Waals surface area contributed by atoms with E-state index in [9.17, 15) is 13.6 Å². The standard InChI is InChI=1S/C24H22F2N4O/c1-27-24(31)15-6-5-7-19-14(15)8-9-20(29-19)17-13-28-22-16(17)12-18(25)21(26)23(22)30-10-3-2-4-11-30/h5-9,12-13,28H,2-4,10-11H2,1H3,(H,27,31). The Labute approximate surface area is 178 Å². The third-order valence-electron chi connectivity index (χ3n) is 6.00. The Morgan fingerprint density at radius 2 is 1.90 bits per heavy atom. The van der Waals surface area contributed by atoms with Crippen molar-refractivity contribution in [2.45, 2.75) is 19.3 Å². The van der Waals surface area contributed by atoms with Crippen LogP contribution in [0.1, 0.15) is 29.6 Å². The third kappa shape index (κ3) is 3.21. The van der Waals surface area contributed by atoms with Crippen LogP contribution in [-0.2, 0) is 0 Å². The average molecular weight is 420 g/mol. The molecule has 3 heterocycles. The Hall–Kier alpha value is -3.48. The van der Waals surface area contributed by atoms with Gasteiger partial charge in [0.25, 0.3) is 5.91 Å². The Balaban J connectivity index is 1.66. The third-order valence-corrected chi connectivity index (χ3v) is 6.00. The van der Waals surface area contributed by atoms with Crippen LogP contribution in [0.15, 0.2) is 42.6 Å². The molecule has 0 radical (unpaired) electrons. The number of anilines is 1. The Bertz CT molecular complexity index is 1310. The molecule has 2 aromatic heterocycles. The first-order valence-corrected chi connectivity index (χ1v) is 10.4. The zero-order valence-corrected chi connectivity index (χ0v) is 17.1. The molecule has 158 valence electrons. The predicted molar refractivity (Wildman–Crippen MR) is 118 cm³/mol. The number of aromatic amines is 1. The second kappa shape index (κ2) is 7.65. The van der Waals surface area contributed by atoms with Crippen molar-refractivity contribution in [2.24, 2.45) is 0 Å². The first-order valence-electron chi connectivity index (χ1n) is 10.4. The number of carbonyl (C=O) groups excluding carboxylic acids is 1. The average Bonchev–Trinajstić information content (AvgIpc) is 3.22. The molecule has 4 aromatic rings. The summed E-state index contributed by atoms with van der Waals surface area (Å²) in [6, 6.07) is 10.2. The molecule has 2 aromatic carbocycles. The van der Waals surface area contributed by atoms with Gasteiger partial charge in [-0.15, -0.1) is 0 Å². The fourth-order valence-corrected chi connectivity index (χ4v) is 4.46. The van der Waals surface area contributed by atoms with E-state index >= 15 is 0 Å². The van der Waals surface area contributed by atoms with E-state index in [1.165, 1.54) is 6.07 Å². The van der Waals surface area contributed by atoms with E-state index < -0.39 is 11.6 Å². The summed E-state index contributed by atoms with van der Waals surface area (Å²) in [5.74, 6) is -1.86. The number of nitrogens with one attached hydrogen (secondary N) is 2. The van der Waals surface area contributed by atoms with Gasteiger partial charge in [0.05, 0.1) is 16.7 Å². The molecule has 0 saturated carbocycles. The zero-order chi connectivity index (χ0) is 21.5. The molecule has 1 fully saturated rings. The monoisotopic (exact) mass is 420 g/mol. The summed E-state index contributed by atoms with van der Waals surface area (Å²) >= 11 is 0. The molecule has 1 saturated heterocycles. The molecule has 0 aliphatic carbocycles. The van der Waals surface area contributed by atoms with E-state index in [1.54, 1.807) is 31.4 Å². The van der Waals surface area contributed by atoms with Crippen molar-refractivity contribution in [3.8, 4) is 11.3 Å². The van der Waals surface area contributed by atoms with Gasteiger partial charge in [-0.2, -0.15) is 0 Å². The molecular formula is C24H22F2N4O. The maximum absolute atomic E-state index is 14.8. The smallest absolute Gasteiger partial charge is 0.251 e. The number of rotatable bonds is 3. The lowest BCUT2D eigenvalue weighted by atomic mass is 10.0. The first-order chi connectivity index (χ1) is 15.1. The van der Waals surface area contributed by atoms with Gasteiger partial charge in [0.15, 0.2) is 11.6 Å². The van der Waals surface area contributed by atoms with Crippen LogP contribution in [-0.4, -0.2) is 36.0 Å². The lowest BCUT2D eigenvalue weighted by Gasteiger charge is -2.29. The van der Waals surface area contributed by atoms with E-state index in [0.29, 0.717) is 52.0 Å². The second-order valence-electron chi connectivity index (χ2n) is 7.84. The molecule has 2 N–H and O–H groups in total. The number of fused-ring (bicyclic) bond motifs is 2. The highest BCUT2D eigenvalue weighted by Gasteiger charge is 2.24. The van der Waals surface area contributed by atoms with Crippen LogP contribution in [0, 0.1) is 11.6 Å². The predicted octanol–water partition coefficient (Wildman–Crippen LogP) is 5.01. The fourth-order valence-electron chi connectivity index (χ4n) is 4.46. The van der Waals surface area contributed by atoms with Gasteiger partial charge in [-0.1, -0.05) is 6.07 Å². The van der Waals surface area contributed by atoms with Gasteiger partial charge >= 0.3 is 0 Å². The molecule has 1 amide bonds. The number of piperidine rings is 1. The minimum Gasteiger partial charge on any atom is -0.367 e. The summed E-state index contributed by atoms with van der Waals surface area (Å²) in [6.07, 6.45) is 4.77. The molecule has 1 aliphatic heterocycles. The van der Waals surface area contributed by atoms with Gasteiger partial charge in [0.2, 0.25) is 0 Å². The van der Waals surface area contributed by atoms with E-state index in [0.717, 1.165) is 24.6 Å². The van der Waals surface area contributed by atoms with Crippen molar-refractivity contribution in [1.82, 2.24) is 15.3 Å². The fraction of sp³-hybridized carbons (Fsp3) is 0.250. The Kier molecular flexibility index (Phi) is 4.81. The molecule has 0 unspecified atom stereocenters. The van der Waals surface area contributed by atoms with Crippen LogP contribution in [0.4, 0.5) is 14.5 Å². The summed E-state index contributed by atoms with van der Waals surface area (Å²) in [6.45, 7) is 1.42. The Morgan fingerprint density at radius 3 is 2.68 bits per heavy atom. The van der Waals surface area contributed by atoms with Crippen LogP contribution < -0.4 is 10.2 Å². The number of pyridine rings is 1. The van der Waals surface area contributed by atoms with Crippen molar-refractivity contribution in [1.29, 1.82) is 0 Å². The number of hydrogen-bond donors (Lipinski definition) is 2. The van der Waals surface area contributed by atoms with Gasteiger partial charge < -0.3 is 15.2 Å². The van der Waals surface area contributed by atoms with Gasteiger partial charge in [0, 0.05) is 48.2 Å². The number of aromatic nitrogens is 2. The number of nitrogens with zero attached hydrogens (tertiary/aromatic N) is 2. The Morgan fingerprint density at radius 1 is 1.10 bits per heavy atom. The largest absolute Gasteiger partial charge is 0.367 e. The van der Waals surface area contributed by atoms with Crippen molar-refractivity contribution in [3.63, 3.8) is 0 Å². The summed E-state index contributed by atoms with van der Waals surface area (Å²) in [5, 5.41) is 3.96. The number of benzene rings is 2. The van der Waals surface area contributed by atoms with Crippen LogP contribution in [0.5, 0.6) is 0 Å². The summed E-state index contributed by atoms with van der Waals surface area (Å²) in [4.78, 5) is 21.9. The maximum atomic E-state index is 14.8. The summed E-state index contributed by atoms with van der Waals surface area (Å²) < 4.78 is 29.4. The van der Waals surface area contributed by atoms with Crippen LogP contribution in [0.2, 0.25) is 0 Å². The van der Waals surface area contributed by atoms with Gasteiger partial charge in [0.1, 0.15) is 5.69 Å². The topological polar surface area (TPSA) is 61.0 Å². The minimum atomic E-state index is -0.864. The van der Waals surface area contributed by atoms with Crippen LogP contribution in [0.25, 0.3) is 33.1 Å². The lowest BCUT2D eigenvalue weighted by molar-refractivity contribution is 0.0964. The van der Waals surface area contributed by atoms with Gasteiger partial charge in [-0.25, -0.2) is 13.8 Å². The molecular weight excluding hydrogens is 398 g/mol. The highest BCUT2D eigenvalue weighted by molar-refractivity contribution is 6.07. The molecule has 5 rings (SSSR count). The highest BCUT2D eigenvalue weighted by Crippen LogP contribution is 2.38. The van der Waals surface area contributed by atoms with E-state index in [2.05, 4.69) is 10.3 Å². The van der Waals surface area contributed by atoms with Crippen molar-refractivity contribution in [3.05, 3.63) is 59.8 Å². The van der Waals surface area contributed by atoms with Crippen molar-refractivity contribution >= 4 is 33.4 Å². The van der Waals surface area contributed by atoms with E-state index in [1.807, 2.05) is 17.0 Å². The SMILES string of the molecule is CNC(=O)c1cccc2nc(-c3c[nH]c4c(N5CCCCC5)c(F)c(F)cc34)ccc12. The van der Waals surface area contributed by atoms with Crippen LogP contribution >= 0.6 is 0 Å². The number of halogens is 2. The summed E-state index contributed by atoms with van der Waals surface area (Å²) in [7, 11) is 1.59. The molecule has 5 nitrogen and oxygen atoms in total. The van der Waals surface area contributed by atoms with Gasteiger partial charge in [-0.05, 0) is 49.6 Å². The quantitative estimate of drug-likeness (QED) is 0.490. The molecule has 31 heavy (non-hydrogen) atoms. The number of amides is 1. The summed E-state index contributed by atoms with van der Waals surface area (Å²) in [5.41, 5.74) is 3.40. The van der Waals surface area contributed by atoms with Crippen molar-refractivity contribution < 1.29 is 13.6 Å². The molecule has 7 heteroatoms. The van der Waals surface area contributed by atoms with Gasteiger partial charge in [-0.3, -0.25) is 4.79 Å².